The number of likely N-dealkylation sites (tertiary alicyclic amines) is 1. The number of hydrogen-bond donors (Lipinski definition) is 1. The molecule has 1 aliphatic heterocycles. The van der Waals surface area contributed by atoms with Gasteiger partial charge in [0.1, 0.15) is 0 Å². The van der Waals surface area contributed by atoms with Crippen LogP contribution in [0.5, 0.6) is 0 Å². The predicted octanol–water partition coefficient (Wildman–Crippen LogP) is 1.49. The van der Waals surface area contributed by atoms with Crippen LogP contribution >= 0.6 is 0 Å². The van der Waals surface area contributed by atoms with Crippen LogP contribution in [0, 0.1) is 11.3 Å². The summed E-state index contributed by atoms with van der Waals surface area (Å²) in [4.78, 5) is 2.55. The van der Waals surface area contributed by atoms with E-state index in [2.05, 4.69) is 11.8 Å². The fraction of sp³-hybridized carbons (Fsp3) is 1.00. The van der Waals surface area contributed by atoms with Crippen molar-refractivity contribution in [1.82, 2.24) is 4.90 Å². The Morgan fingerprint density at radius 3 is 2.77 bits per heavy atom. The van der Waals surface area contributed by atoms with Gasteiger partial charge in [-0.25, -0.2) is 0 Å². The maximum atomic E-state index is 8.98. The molecule has 1 saturated carbocycles. The van der Waals surface area contributed by atoms with Crippen LogP contribution in [0.1, 0.15) is 32.6 Å². The van der Waals surface area contributed by atoms with Gasteiger partial charge in [0.25, 0.3) is 0 Å². The van der Waals surface area contributed by atoms with Crippen molar-refractivity contribution in [3.63, 3.8) is 0 Å². The minimum atomic E-state index is 0.337. The molecule has 0 radical (unpaired) electrons. The second-order valence-electron chi connectivity index (χ2n) is 5.13. The molecule has 1 atom stereocenters. The third-order valence-electron chi connectivity index (χ3n) is 3.58. The largest absolute Gasteiger partial charge is 0.396 e. The summed E-state index contributed by atoms with van der Waals surface area (Å²) in [5, 5.41) is 8.98. The lowest BCUT2D eigenvalue weighted by Crippen LogP contribution is -2.39. The highest BCUT2D eigenvalue weighted by Crippen LogP contribution is 2.51. The van der Waals surface area contributed by atoms with Crippen molar-refractivity contribution < 1.29 is 5.11 Å². The Kier molecular flexibility index (Phi) is 2.61. The van der Waals surface area contributed by atoms with Crippen LogP contribution in [0.4, 0.5) is 0 Å². The van der Waals surface area contributed by atoms with E-state index in [9.17, 15) is 0 Å². The number of aliphatic hydroxyl groups excluding tert-OH is 1. The summed E-state index contributed by atoms with van der Waals surface area (Å²) in [6.07, 6.45) is 5.74. The summed E-state index contributed by atoms with van der Waals surface area (Å²) in [6, 6.07) is 0. The molecule has 0 aromatic carbocycles. The molecule has 0 aromatic heterocycles. The molecule has 1 aliphatic carbocycles. The highest BCUT2D eigenvalue weighted by molar-refractivity contribution is 4.98. The Morgan fingerprint density at radius 1 is 1.38 bits per heavy atom. The highest BCUT2D eigenvalue weighted by atomic mass is 16.3. The Morgan fingerprint density at radius 2 is 2.15 bits per heavy atom. The van der Waals surface area contributed by atoms with Gasteiger partial charge >= 0.3 is 0 Å². The molecule has 1 saturated heterocycles. The van der Waals surface area contributed by atoms with Crippen molar-refractivity contribution >= 4 is 0 Å². The molecular formula is C11H21NO. The van der Waals surface area contributed by atoms with E-state index in [0.717, 1.165) is 12.0 Å². The van der Waals surface area contributed by atoms with E-state index in [1.165, 1.54) is 38.8 Å². The van der Waals surface area contributed by atoms with Gasteiger partial charge in [0.2, 0.25) is 0 Å². The lowest BCUT2D eigenvalue weighted by atomic mass is 9.94. The van der Waals surface area contributed by atoms with Gasteiger partial charge in [-0.2, -0.15) is 0 Å². The van der Waals surface area contributed by atoms with Crippen molar-refractivity contribution in [1.29, 1.82) is 0 Å². The van der Waals surface area contributed by atoms with Crippen LogP contribution in [0.15, 0.2) is 0 Å². The number of hydrogen-bond acceptors (Lipinski definition) is 2. The van der Waals surface area contributed by atoms with E-state index in [-0.39, 0.29) is 0 Å². The van der Waals surface area contributed by atoms with E-state index in [4.69, 9.17) is 5.11 Å². The molecule has 0 aromatic rings. The Labute approximate surface area is 80.9 Å². The zero-order chi connectivity index (χ0) is 9.31. The minimum Gasteiger partial charge on any atom is -0.396 e. The van der Waals surface area contributed by atoms with Gasteiger partial charge in [0.05, 0.1) is 0 Å². The van der Waals surface area contributed by atoms with Gasteiger partial charge < -0.3 is 10.0 Å². The first-order chi connectivity index (χ1) is 6.24. The van der Waals surface area contributed by atoms with Gasteiger partial charge in [0.15, 0.2) is 0 Å². The molecule has 1 heterocycles. The summed E-state index contributed by atoms with van der Waals surface area (Å²) in [5.41, 5.74) is 0.730. The minimum absolute atomic E-state index is 0.337. The van der Waals surface area contributed by atoms with E-state index < -0.39 is 0 Å². The molecular weight excluding hydrogens is 162 g/mol. The smallest absolute Gasteiger partial charge is 0.0468 e. The monoisotopic (exact) mass is 183 g/mol. The molecule has 2 aliphatic rings. The molecule has 2 nitrogen and oxygen atoms in total. The lowest BCUT2D eigenvalue weighted by Gasteiger charge is -2.34. The van der Waals surface area contributed by atoms with E-state index in [1.54, 1.807) is 0 Å². The Balaban J connectivity index is 1.79. The molecule has 13 heavy (non-hydrogen) atoms. The maximum absolute atomic E-state index is 8.98. The van der Waals surface area contributed by atoms with Crippen LogP contribution in [-0.4, -0.2) is 36.2 Å². The maximum Gasteiger partial charge on any atom is 0.0468 e. The van der Waals surface area contributed by atoms with Crippen LogP contribution in [0.2, 0.25) is 0 Å². The number of nitrogens with zero attached hydrogens (tertiary/aromatic N) is 1. The first kappa shape index (κ1) is 9.47. The van der Waals surface area contributed by atoms with Crippen LogP contribution < -0.4 is 0 Å². The molecule has 2 fully saturated rings. The van der Waals surface area contributed by atoms with E-state index in [1.807, 2.05) is 0 Å². The van der Waals surface area contributed by atoms with Gasteiger partial charge in [-0.05, 0) is 43.6 Å². The van der Waals surface area contributed by atoms with Crippen molar-refractivity contribution in [2.75, 3.05) is 26.2 Å². The first-order valence-electron chi connectivity index (χ1n) is 5.57. The normalized spacial score (nSPS) is 29.1. The summed E-state index contributed by atoms with van der Waals surface area (Å²) in [5.74, 6) is 0.453. The van der Waals surface area contributed by atoms with Gasteiger partial charge in [-0.3, -0.25) is 0 Å². The standard InChI is InChI=1S/C11H21NO/c1-10(8-13)7-12-6-2-3-11(9-12)4-5-11/h10,13H,2-9H2,1H3. The molecule has 2 rings (SSSR count). The molecule has 1 unspecified atom stereocenters. The molecule has 0 bridgehead atoms. The van der Waals surface area contributed by atoms with Crippen LogP contribution in [0.3, 0.4) is 0 Å². The highest BCUT2D eigenvalue weighted by Gasteiger charge is 2.45. The fourth-order valence-electron chi connectivity index (χ4n) is 2.55. The Hall–Kier alpha value is -0.0800. The summed E-state index contributed by atoms with van der Waals surface area (Å²) < 4.78 is 0. The first-order valence-corrected chi connectivity index (χ1v) is 5.57. The molecule has 2 heteroatoms. The number of rotatable bonds is 3. The average molecular weight is 183 g/mol. The second-order valence-corrected chi connectivity index (χ2v) is 5.13. The third-order valence-corrected chi connectivity index (χ3v) is 3.58. The molecule has 1 N–H and O–H groups in total. The number of piperidine rings is 1. The van der Waals surface area contributed by atoms with Crippen molar-refractivity contribution in [3.8, 4) is 0 Å². The summed E-state index contributed by atoms with van der Waals surface area (Å²) in [6.45, 7) is 6.12. The average Bonchev–Trinajstić information content (AvgIpc) is 2.85. The zero-order valence-electron chi connectivity index (χ0n) is 8.63. The van der Waals surface area contributed by atoms with Gasteiger partial charge in [-0.15, -0.1) is 0 Å². The molecule has 1 spiro atoms. The van der Waals surface area contributed by atoms with Crippen molar-refractivity contribution in [3.05, 3.63) is 0 Å². The number of aliphatic hydroxyl groups is 1. The van der Waals surface area contributed by atoms with Gasteiger partial charge in [0, 0.05) is 19.7 Å². The fourth-order valence-corrected chi connectivity index (χ4v) is 2.55. The van der Waals surface area contributed by atoms with Crippen LogP contribution in [0.25, 0.3) is 0 Å². The lowest BCUT2D eigenvalue weighted by molar-refractivity contribution is 0.120. The topological polar surface area (TPSA) is 23.5 Å². The third kappa shape index (κ3) is 2.23. The molecule has 0 amide bonds. The summed E-state index contributed by atoms with van der Waals surface area (Å²) >= 11 is 0. The Bertz CT molecular complexity index is 177. The van der Waals surface area contributed by atoms with Crippen molar-refractivity contribution in [2.45, 2.75) is 32.6 Å². The second kappa shape index (κ2) is 3.58. The predicted molar refractivity (Wildman–Crippen MR) is 53.6 cm³/mol. The van der Waals surface area contributed by atoms with E-state index in [0.29, 0.717) is 12.5 Å². The van der Waals surface area contributed by atoms with Crippen molar-refractivity contribution in [2.24, 2.45) is 11.3 Å². The molecule has 76 valence electrons. The zero-order valence-corrected chi connectivity index (χ0v) is 8.63. The van der Waals surface area contributed by atoms with Crippen LogP contribution in [-0.2, 0) is 0 Å². The quantitative estimate of drug-likeness (QED) is 0.716. The van der Waals surface area contributed by atoms with E-state index >= 15 is 0 Å². The van der Waals surface area contributed by atoms with Gasteiger partial charge in [-0.1, -0.05) is 6.92 Å². The summed E-state index contributed by atoms with van der Waals surface area (Å²) in [7, 11) is 0. The SMILES string of the molecule is CC(CO)CN1CCCC2(CC2)C1.